The van der Waals surface area contributed by atoms with Gasteiger partial charge >= 0.3 is 0 Å². The lowest BCUT2D eigenvalue weighted by Crippen LogP contribution is -2.47. The van der Waals surface area contributed by atoms with Crippen molar-refractivity contribution in [1.29, 1.82) is 0 Å². The molecule has 1 aliphatic carbocycles. The summed E-state index contributed by atoms with van der Waals surface area (Å²) in [6.45, 7) is 3.12. The molecular weight excluding hydrogens is 256 g/mol. The predicted molar refractivity (Wildman–Crippen MR) is 80.4 cm³/mol. The second-order valence-electron chi connectivity index (χ2n) is 6.36. The highest BCUT2D eigenvalue weighted by molar-refractivity contribution is 7.99. The quantitative estimate of drug-likeness (QED) is 0.842. The van der Waals surface area contributed by atoms with Crippen molar-refractivity contribution in [1.82, 2.24) is 10.2 Å². The highest BCUT2D eigenvalue weighted by atomic mass is 32.2. The first-order valence-electron chi connectivity index (χ1n) is 7.92. The van der Waals surface area contributed by atoms with Crippen molar-refractivity contribution in [3.05, 3.63) is 0 Å². The topological polar surface area (TPSA) is 32.3 Å². The van der Waals surface area contributed by atoms with Crippen LogP contribution in [0.4, 0.5) is 0 Å². The van der Waals surface area contributed by atoms with Crippen LogP contribution in [0.1, 0.15) is 38.5 Å². The van der Waals surface area contributed by atoms with Crippen molar-refractivity contribution in [3.8, 4) is 0 Å². The zero-order valence-corrected chi connectivity index (χ0v) is 12.6. The fourth-order valence-corrected chi connectivity index (χ4v) is 4.87. The minimum Gasteiger partial charge on any atom is -0.342 e. The molecule has 19 heavy (non-hydrogen) atoms. The first-order valence-corrected chi connectivity index (χ1v) is 9.07. The summed E-state index contributed by atoms with van der Waals surface area (Å²) in [5.74, 6) is 4.41. The molecule has 3 unspecified atom stereocenters. The minimum atomic E-state index is 0.393. The van der Waals surface area contributed by atoms with Crippen LogP contribution in [-0.2, 0) is 4.79 Å². The van der Waals surface area contributed by atoms with Crippen LogP contribution < -0.4 is 5.32 Å². The van der Waals surface area contributed by atoms with Crippen molar-refractivity contribution < 1.29 is 4.79 Å². The minimum absolute atomic E-state index is 0.393. The molecule has 3 rings (SSSR count). The Kier molecular flexibility index (Phi) is 4.69. The smallest absolute Gasteiger partial charge is 0.224 e. The van der Waals surface area contributed by atoms with Crippen molar-refractivity contribution in [3.63, 3.8) is 0 Å². The fraction of sp³-hybridized carbons (Fsp3) is 0.933. The average molecular weight is 282 g/mol. The van der Waals surface area contributed by atoms with Crippen LogP contribution in [0.2, 0.25) is 0 Å². The Bertz CT molecular complexity index is 317. The van der Waals surface area contributed by atoms with Crippen molar-refractivity contribution >= 4 is 17.7 Å². The van der Waals surface area contributed by atoms with Crippen LogP contribution in [0.25, 0.3) is 0 Å². The van der Waals surface area contributed by atoms with E-state index < -0.39 is 0 Å². The van der Waals surface area contributed by atoms with Crippen LogP contribution in [0.5, 0.6) is 0 Å². The maximum Gasteiger partial charge on any atom is 0.224 e. The Morgan fingerprint density at radius 3 is 2.84 bits per heavy atom. The zero-order valence-electron chi connectivity index (χ0n) is 11.8. The molecule has 108 valence electrons. The Morgan fingerprint density at radius 1 is 1.21 bits per heavy atom. The highest BCUT2D eigenvalue weighted by Gasteiger charge is 2.33. The number of hydrogen-bond donors (Lipinski definition) is 1. The largest absolute Gasteiger partial charge is 0.342 e. The van der Waals surface area contributed by atoms with Gasteiger partial charge in [0.1, 0.15) is 0 Å². The molecular formula is C15H26N2OS. The molecule has 4 heteroatoms. The SMILES string of the molecule is O=C(CC1CSCCN1)N1CCC2CCCCC2C1. The lowest BCUT2D eigenvalue weighted by Gasteiger charge is -2.41. The van der Waals surface area contributed by atoms with Gasteiger partial charge in [0.25, 0.3) is 0 Å². The van der Waals surface area contributed by atoms with E-state index in [1.807, 2.05) is 11.8 Å². The summed E-state index contributed by atoms with van der Waals surface area (Å²) in [7, 11) is 0. The molecule has 1 saturated carbocycles. The lowest BCUT2D eigenvalue weighted by atomic mass is 9.75. The van der Waals surface area contributed by atoms with Crippen LogP contribution >= 0.6 is 11.8 Å². The van der Waals surface area contributed by atoms with Gasteiger partial charge in [0.2, 0.25) is 5.91 Å². The molecule has 3 nitrogen and oxygen atoms in total. The summed E-state index contributed by atoms with van der Waals surface area (Å²) in [4.78, 5) is 14.6. The summed E-state index contributed by atoms with van der Waals surface area (Å²) in [6.07, 6.45) is 7.52. The lowest BCUT2D eigenvalue weighted by molar-refractivity contribution is -0.134. The van der Waals surface area contributed by atoms with Gasteiger partial charge in [-0.25, -0.2) is 0 Å². The van der Waals surface area contributed by atoms with E-state index in [9.17, 15) is 4.79 Å². The van der Waals surface area contributed by atoms with E-state index in [4.69, 9.17) is 0 Å². The molecule has 0 radical (unpaired) electrons. The maximum atomic E-state index is 12.4. The highest BCUT2D eigenvalue weighted by Crippen LogP contribution is 2.36. The Morgan fingerprint density at radius 2 is 2.05 bits per heavy atom. The molecule has 0 aromatic rings. The number of hydrogen-bond acceptors (Lipinski definition) is 3. The number of likely N-dealkylation sites (tertiary alicyclic amines) is 1. The number of piperidine rings is 1. The molecule has 0 bridgehead atoms. The van der Waals surface area contributed by atoms with E-state index in [1.54, 1.807) is 0 Å². The maximum absolute atomic E-state index is 12.4. The summed E-state index contributed by atoms with van der Waals surface area (Å²) in [5.41, 5.74) is 0. The van der Waals surface area contributed by atoms with E-state index in [2.05, 4.69) is 10.2 Å². The van der Waals surface area contributed by atoms with Crippen LogP contribution in [0.3, 0.4) is 0 Å². The molecule has 3 fully saturated rings. The molecule has 0 spiro atoms. The number of nitrogens with one attached hydrogen (secondary N) is 1. The first kappa shape index (κ1) is 13.7. The van der Waals surface area contributed by atoms with E-state index in [-0.39, 0.29) is 0 Å². The van der Waals surface area contributed by atoms with Crippen LogP contribution in [-0.4, -0.2) is 48.0 Å². The van der Waals surface area contributed by atoms with Gasteiger partial charge in [0.15, 0.2) is 0 Å². The van der Waals surface area contributed by atoms with Gasteiger partial charge in [-0.2, -0.15) is 11.8 Å². The number of thioether (sulfide) groups is 1. The Hall–Kier alpha value is -0.220. The third-order valence-corrected chi connectivity index (χ3v) is 6.19. The van der Waals surface area contributed by atoms with Crippen molar-refractivity contribution in [2.75, 3.05) is 31.1 Å². The Balaban J connectivity index is 1.49. The van der Waals surface area contributed by atoms with E-state index in [0.29, 0.717) is 18.4 Å². The normalized spacial score (nSPS) is 35.8. The van der Waals surface area contributed by atoms with Gasteiger partial charge in [-0.15, -0.1) is 0 Å². The summed E-state index contributed by atoms with van der Waals surface area (Å²) >= 11 is 1.98. The second-order valence-corrected chi connectivity index (χ2v) is 7.51. The van der Waals surface area contributed by atoms with Gasteiger partial charge < -0.3 is 10.2 Å². The van der Waals surface area contributed by atoms with Crippen LogP contribution in [0.15, 0.2) is 0 Å². The molecule has 2 heterocycles. The first-order chi connectivity index (χ1) is 9.33. The third kappa shape index (κ3) is 3.46. The molecule has 3 atom stereocenters. The van der Waals surface area contributed by atoms with Crippen LogP contribution in [0, 0.1) is 11.8 Å². The average Bonchev–Trinajstić information content (AvgIpc) is 2.48. The van der Waals surface area contributed by atoms with E-state index in [1.165, 1.54) is 37.9 Å². The van der Waals surface area contributed by atoms with E-state index >= 15 is 0 Å². The zero-order chi connectivity index (χ0) is 13.1. The molecule has 0 aromatic carbocycles. The fourth-order valence-electron chi connectivity index (χ4n) is 3.92. The monoisotopic (exact) mass is 282 g/mol. The molecule has 0 aromatic heterocycles. The second kappa shape index (κ2) is 6.49. The van der Waals surface area contributed by atoms with Crippen molar-refractivity contribution in [2.24, 2.45) is 11.8 Å². The van der Waals surface area contributed by atoms with Gasteiger partial charge in [0, 0.05) is 43.6 Å². The Labute approximate surface area is 120 Å². The molecule has 3 aliphatic rings. The molecule has 1 amide bonds. The standard InChI is InChI=1S/C15H26N2OS/c18-15(9-14-11-19-8-6-16-14)17-7-5-12-3-1-2-4-13(12)10-17/h12-14,16H,1-11H2. The number of amides is 1. The number of rotatable bonds is 2. The number of carbonyl (C=O) groups is 1. The number of fused-ring (bicyclic) bond motifs is 1. The van der Waals surface area contributed by atoms with E-state index in [0.717, 1.165) is 37.2 Å². The van der Waals surface area contributed by atoms with Gasteiger partial charge in [-0.3, -0.25) is 4.79 Å². The molecule has 2 aliphatic heterocycles. The molecule has 1 N–H and O–H groups in total. The van der Waals surface area contributed by atoms with Gasteiger partial charge in [0.05, 0.1) is 0 Å². The third-order valence-electron chi connectivity index (χ3n) is 5.06. The number of carbonyl (C=O) groups excluding carboxylic acids is 1. The van der Waals surface area contributed by atoms with Gasteiger partial charge in [-0.05, 0) is 24.7 Å². The summed E-state index contributed by atoms with van der Waals surface area (Å²) in [6, 6.07) is 0.412. The van der Waals surface area contributed by atoms with Gasteiger partial charge in [-0.1, -0.05) is 19.3 Å². The molecule has 2 saturated heterocycles. The summed E-state index contributed by atoms with van der Waals surface area (Å²) < 4.78 is 0. The summed E-state index contributed by atoms with van der Waals surface area (Å²) in [5, 5.41) is 3.48. The van der Waals surface area contributed by atoms with Crippen molar-refractivity contribution in [2.45, 2.75) is 44.6 Å². The number of nitrogens with zero attached hydrogens (tertiary/aromatic N) is 1. The predicted octanol–water partition coefficient (Wildman–Crippen LogP) is 2.12.